The Bertz CT molecular complexity index is 657. The van der Waals surface area contributed by atoms with Gasteiger partial charge in [0.05, 0.1) is 12.3 Å². The lowest BCUT2D eigenvalue weighted by molar-refractivity contribution is 0.101. The van der Waals surface area contributed by atoms with Gasteiger partial charge in [0, 0.05) is 19.5 Å². The van der Waals surface area contributed by atoms with Crippen LogP contribution >= 0.6 is 0 Å². The molecule has 4 heteroatoms. The second kappa shape index (κ2) is 5.49. The van der Waals surface area contributed by atoms with Gasteiger partial charge >= 0.3 is 0 Å². The van der Waals surface area contributed by atoms with Crippen molar-refractivity contribution in [1.29, 1.82) is 0 Å². The molecule has 0 amide bonds. The summed E-state index contributed by atoms with van der Waals surface area (Å²) in [7, 11) is 1.85. The molecule has 0 spiro atoms. The first-order chi connectivity index (χ1) is 9.43. The number of carbonyl (C=O) groups is 1. The maximum atomic E-state index is 11.4. The number of rotatable bonds is 4. The molecule has 0 radical (unpaired) electrons. The standard InChI is InChI=1S/C16H20N2O2/c1-6-20-16-8-10(2)13(7-11(16)3)15-9-14(12(4)19)17-18(15)5/h7-9H,6H2,1-5H3. The van der Waals surface area contributed by atoms with Crippen molar-refractivity contribution in [2.45, 2.75) is 27.7 Å². The van der Waals surface area contributed by atoms with E-state index in [-0.39, 0.29) is 5.78 Å². The SMILES string of the molecule is CCOc1cc(C)c(-c2cc(C(C)=O)nn2C)cc1C. The van der Waals surface area contributed by atoms with Gasteiger partial charge in [-0.2, -0.15) is 5.10 Å². The Morgan fingerprint density at radius 2 is 1.95 bits per heavy atom. The third-order valence-corrected chi connectivity index (χ3v) is 3.34. The Morgan fingerprint density at radius 3 is 2.50 bits per heavy atom. The van der Waals surface area contributed by atoms with Gasteiger partial charge in [-0.15, -0.1) is 0 Å². The van der Waals surface area contributed by atoms with Crippen LogP contribution in [0.25, 0.3) is 11.3 Å². The van der Waals surface area contributed by atoms with Gasteiger partial charge in [-0.1, -0.05) is 0 Å². The Morgan fingerprint density at radius 1 is 1.25 bits per heavy atom. The average Bonchev–Trinajstić information content (AvgIpc) is 2.76. The van der Waals surface area contributed by atoms with Crippen LogP contribution in [0, 0.1) is 13.8 Å². The Balaban J connectivity index is 2.53. The number of benzene rings is 1. The fourth-order valence-electron chi connectivity index (χ4n) is 2.27. The maximum absolute atomic E-state index is 11.4. The molecule has 0 aliphatic rings. The van der Waals surface area contributed by atoms with E-state index in [2.05, 4.69) is 11.2 Å². The normalized spacial score (nSPS) is 10.7. The predicted octanol–water partition coefficient (Wildman–Crippen LogP) is 3.31. The van der Waals surface area contributed by atoms with Crippen molar-refractivity contribution in [2.75, 3.05) is 6.61 Å². The summed E-state index contributed by atoms with van der Waals surface area (Å²) in [4.78, 5) is 11.4. The summed E-state index contributed by atoms with van der Waals surface area (Å²) in [6.45, 7) is 8.22. The minimum Gasteiger partial charge on any atom is -0.494 e. The number of hydrogen-bond donors (Lipinski definition) is 0. The van der Waals surface area contributed by atoms with Gasteiger partial charge in [0.25, 0.3) is 0 Å². The van der Waals surface area contributed by atoms with Gasteiger partial charge < -0.3 is 4.74 Å². The molecule has 0 saturated heterocycles. The zero-order valence-corrected chi connectivity index (χ0v) is 12.7. The number of ketones is 1. The number of nitrogens with zero attached hydrogens (tertiary/aromatic N) is 2. The molecule has 0 atom stereocenters. The molecule has 2 rings (SSSR count). The molecule has 1 aromatic carbocycles. The molecule has 4 nitrogen and oxygen atoms in total. The minimum atomic E-state index is -0.0211. The minimum absolute atomic E-state index is 0.0211. The molecule has 0 saturated carbocycles. The van der Waals surface area contributed by atoms with Crippen molar-refractivity contribution >= 4 is 5.78 Å². The van der Waals surface area contributed by atoms with Crippen LogP contribution < -0.4 is 4.74 Å². The fourth-order valence-corrected chi connectivity index (χ4v) is 2.27. The predicted molar refractivity (Wildman–Crippen MR) is 79.3 cm³/mol. The molecular weight excluding hydrogens is 252 g/mol. The van der Waals surface area contributed by atoms with E-state index in [1.165, 1.54) is 6.92 Å². The summed E-state index contributed by atoms with van der Waals surface area (Å²) in [6.07, 6.45) is 0. The topological polar surface area (TPSA) is 44.1 Å². The number of Topliss-reactive ketones (excluding diaryl/α,β-unsaturated/α-hetero) is 1. The maximum Gasteiger partial charge on any atom is 0.180 e. The molecule has 0 N–H and O–H groups in total. The molecular formula is C16H20N2O2. The van der Waals surface area contributed by atoms with Crippen LogP contribution in [-0.4, -0.2) is 22.2 Å². The molecule has 1 heterocycles. The second-order valence-electron chi connectivity index (χ2n) is 4.96. The van der Waals surface area contributed by atoms with Crippen molar-refractivity contribution in [2.24, 2.45) is 7.05 Å². The molecule has 2 aromatic rings. The lowest BCUT2D eigenvalue weighted by Gasteiger charge is -2.12. The fraction of sp³-hybridized carbons (Fsp3) is 0.375. The quantitative estimate of drug-likeness (QED) is 0.802. The molecule has 0 fully saturated rings. The van der Waals surface area contributed by atoms with Gasteiger partial charge in [0.1, 0.15) is 11.4 Å². The van der Waals surface area contributed by atoms with Crippen molar-refractivity contribution < 1.29 is 9.53 Å². The van der Waals surface area contributed by atoms with Gasteiger partial charge in [-0.05, 0) is 50.1 Å². The molecule has 0 aliphatic heterocycles. The van der Waals surface area contributed by atoms with E-state index < -0.39 is 0 Å². The van der Waals surface area contributed by atoms with E-state index in [4.69, 9.17) is 4.74 Å². The lowest BCUT2D eigenvalue weighted by Crippen LogP contribution is -1.99. The van der Waals surface area contributed by atoms with Crippen molar-refractivity contribution in [1.82, 2.24) is 9.78 Å². The number of ether oxygens (including phenoxy) is 1. The number of hydrogen-bond acceptors (Lipinski definition) is 3. The largest absolute Gasteiger partial charge is 0.494 e. The number of aryl methyl sites for hydroxylation is 3. The highest BCUT2D eigenvalue weighted by molar-refractivity contribution is 5.93. The van der Waals surface area contributed by atoms with Crippen LogP contribution in [0.4, 0.5) is 0 Å². The van der Waals surface area contributed by atoms with Gasteiger partial charge in [-0.25, -0.2) is 0 Å². The van der Waals surface area contributed by atoms with Gasteiger partial charge in [-0.3, -0.25) is 9.48 Å². The molecule has 106 valence electrons. The van der Waals surface area contributed by atoms with Gasteiger partial charge in [0.2, 0.25) is 0 Å². The Labute approximate surface area is 119 Å². The number of aromatic nitrogens is 2. The summed E-state index contributed by atoms with van der Waals surface area (Å²) in [6, 6.07) is 5.96. The van der Waals surface area contributed by atoms with Gasteiger partial charge in [0.15, 0.2) is 5.78 Å². The molecule has 0 aliphatic carbocycles. The van der Waals surface area contributed by atoms with Crippen LogP contribution in [0.15, 0.2) is 18.2 Å². The highest BCUT2D eigenvalue weighted by atomic mass is 16.5. The smallest absolute Gasteiger partial charge is 0.180 e. The molecule has 20 heavy (non-hydrogen) atoms. The molecule has 1 aromatic heterocycles. The van der Waals surface area contributed by atoms with E-state index in [1.807, 2.05) is 40.0 Å². The summed E-state index contributed by atoms with van der Waals surface area (Å²) >= 11 is 0. The van der Waals surface area contributed by atoms with Crippen LogP contribution in [0.3, 0.4) is 0 Å². The third-order valence-electron chi connectivity index (χ3n) is 3.34. The van der Waals surface area contributed by atoms with Crippen LogP contribution in [0.2, 0.25) is 0 Å². The summed E-state index contributed by atoms with van der Waals surface area (Å²) in [5.41, 5.74) is 4.70. The third kappa shape index (κ3) is 2.59. The van der Waals surface area contributed by atoms with Crippen LogP contribution in [0.5, 0.6) is 5.75 Å². The zero-order valence-electron chi connectivity index (χ0n) is 12.7. The first-order valence-corrected chi connectivity index (χ1v) is 6.73. The van der Waals surface area contributed by atoms with Crippen molar-refractivity contribution in [3.63, 3.8) is 0 Å². The summed E-state index contributed by atoms with van der Waals surface area (Å²) < 4.78 is 7.35. The van der Waals surface area contributed by atoms with Crippen molar-refractivity contribution in [3.05, 3.63) is 35.0 Å². The number of carbonyl (C=O) groups excluding carboxylic acids is 1. The zero-order chi connectivity index (χ0) is 14.9. The van der Waals surface area contributed by atoms with E-state index in [0.29, 0.717) is 12.3 Å². The first kappa shape index (κ1) is 14.3. The molecule has 0 bridgehead atoms. The second-order valence-corrected chi connectivity index (χ2v) is 4.96. The van der Waals surface area contributed by atoms with Crippen molar-refractivity contribution in [3.8, 4) is 17.0 Å². The van der Waals surface area contributed by atoms with E-state index in [1.54, 1.807) is 4.68 Å². The average molecular weight is 272 g/mol. The monoisotopic (exact) mass is 272 g/mol. The van der Waals surface area contributed by atoms with E-state index in [9.17, 15) is 4.79 Å². The highest BCUT2D eigenvalue weighted by Gasteiger charge is 2.14. The van der Waals surface area contributed by atoms with E-state index in [0.717, 1.165) is 28.1 Å². The van der Waals surface area contributed by atoms with Crippen LogP contribution in [-0.2, 0) is 7.05 Å². The Hall–Kier alpha value is -2.10. The Kier molecular flexibility index (Phi) is 3.93. The molecule has 0 unspecified atom stereocenters. The lowest BCUT2D eigenvalue weighted by atomic mass is 10.0. The first-order valence-electron chi connectivity index (χ1n) is 6.73. The highest BCUT2D eigenvalue weighted by Crippen LogP contribution is 2.30. The summed E-state index contributed by atoms with van der Waals surface area (Å²) in [5, 5.41) is 4.25. The van der Waals surface area contributed by atoms with E-state index >= 15 is 0 Å². The summed E-state index contributed by atoms with van der Waals surface area (Å²) in [5.74, 6) is 0.884. The van der Waals surface area contributed by atoms with Crippen LogP contribution in [0.1, 0.15) is 35.5 Å².